The van der Waals surface area contributed by atoms with Crippen LogP contribution in [0.2, 0.25) is 0 Å². The Hall–Kier alpha value is -0.420. The molecule has 2 heterocycles. The minimum absolute atomic E-state index is 0.335. The van der Waals surface area contributed by atoms with Crippen molar-refractivity contribution in [2.75, 3.05) is 26.2 Å². The molecule has 2 aliphatic rings. The second-order valence-corrected chi connectivity index (χ2v) is 7.41. The van der Waals surface area contributed by atoms with Crippen molar-refractivity contribution in [1.29, 1.82) is 0 Å². The molecule has 0 radical (unpaired) electrons. The molecule has 0 aliphatic carbocycles. The quantitative estimate of drug-likeness (QED) is 0.908. The number of halogens is 1. The first-order chi connectivity index (χ1) is 10.2. The van der Waals surface area contributed by atoms with Crippen LogP contribution in [0.5, 0.6) is 0 Å². The molecule has 2 saturated heterocycles. The van der Waals surface area contributed by atoms with E-state index in [-0.39, 0.29) is 0 Å². The molecule has 0 spiro atoms. The van der Waals surface area contributed by atoms with Crippen molar-refractivity contribution in [2.24, 2.45) is 5.73 Å². The lowest BCUT2D eigenvalue weighted by Crippen LogP contribution is -2.60. The summed E-state index contributed by atoms with van der Waals surface area (Å²) in [6.45, 7) is 6.68. The van der Waals surface area contributed by atoms with Gasteiger partial charge in [0.2, 0.25) is 0 Å². The van der Waals surface area contributed by atoms with Gasteiger partial charge in [-0.05, 0) is 44.0 Å². The first-order valence-corrected chi connectivity index (χ1v) is 8.93. The first-order valence-electron chi connectivity index (χ1n) is 8.14. The zero-order valence-electron chi connectivity index (χ0n) is 12.8. The normalized spacial score (nSPS) is 29.1. The summed E-state index contributed by atoms with van der Waals surface area (Å²) in [6.07, 6.45) is 4.10. The Morgan fingerprint density at radius 3 is 2.95 bits per heavy atom. The first kappa shape index (κ1) is 15.5. The molecule has 1 aromatic rings. The van der Waals surface area contributed by atoms with Gasteiger partial charge in [0.05, 0.1) is 0 Å². The van der Waals surface area contributed by atoms with E-state index in [1.807, 2.05) is 0 Å². The number of nitrogens with two attached hydrogens (primary N) is 1. The van der Waals surface area contributed by atoms with Crippen molar-refractivity contribution in [1.82, 2.24) is 9.80 Å². The summed E-state index contributed by atoms with van der Waals surface area (Å²) in [5, 5.41) is 0. The molecule has 0 amide bonds. The molecule has 3 atom stereocenters. The molecule has 3 unspecified atom stereocenters. The van der Waals surface area contributed by atoms with Gasteiger partial charge >= 0.3 is 0 Å². The standard InChI is InChI=1S/C17H26BrN3/c1-13-11-20-8-3-2-7-16(20)12-21(13)17(10-19)14-5-4-6-15(18)9-14/h4-6,9,13,16-17H,2-3,7-8,10-12,19H2,1H3. The third-order valence-electron chi connectivity index (χ3n) is 5.09. The second-order valence-electron chi connectivity index (χ2n) is 6.50. The summed E-state index contributed by atoms with van der Waals surface area (Å²) in [7, 11) is 0. The van der Waals surface area contributed by atoms with Crippen molar-refractivity contribution in [3.8, 4) is 0 Å². The summed E-state index contributed by atoms with van der Waals surface area (Å²) in [4.78, 5) is 5.33. The minimum Gasteiger partial charge on any atom is -0.329 e. The zero-order chi connectivity index (χ0) is 14.8. The van der Waals surface area contributed by atoms with Crippen molar-refractivity contribution in [3.63, 3.8) is 0 Å². The third kappa shape index (κ3) is 3.34. The lowest BCUT2D eigenvalue weighted by Gasteiger charge is -2.50. The molecule has 2 N–H and O–H groups in total. The smallest absolute Gasteiger partial charge is 0.0474 e. The van der Waals surface area contributed by atoms with E-state index in [4.69, 9.17) is 5.73 Å². The van der Waals surface area contributed by atoms with E-state index in [0.717, 1.165) is 17.1 Å². The van der Waals surface area contributed by atoms with Crippen LogP contribution in [0.3, 0.4) is 0 Å². The number of hydrogen-bond acceptors (Lipinski definition) is 3. The van der Waals surface area contributed by atoms with Gasteiger partial charge in [0, 0.05) is 42.2 Å². The van der Waals surface area contributed by atoms with E-state index < -0.39 is 0 Å². The summed E-state index contributed by atoms with van der Waals surface area (Å²) < 4.78 is 1.14. The molecule has 0 saturated carbocycles. The van der Waals surface area contributed by atoms with Gasteiger partial charge in [-0.2, -0.15) is 0 Å². The molecule has 0 aromatic heterocycles. The lowest BCUT2D eigenvalue weighted by molar-refractivity contribution is -0.00667. The molecular formula is C17H26BrN3. The van der Waals surface area contributed by atoms with E-state index in [2.05, 4.69) is 56.9 Å². The molecule has 116 valence electrons. The molecule has 3 nitrogen and oxygen atoms in total. The molecule has 0 bridgehead atoms. The molecule has 1 aromatic carbocycles. The monoisotopic (exact) mass is 351 g/mol. The Balaban J connectivity index is 1.79. The highest BCUT2D eigenvalue weighted by Gasteiger charge is 2.36. The van der Waals surface area contributed by atoms with Gasteiger partial charge in [0.1, 0.15) is 0 Å². The Kier molecular flexibility index (Phi) is 4.99. The van der Waals surface area contributed by atoms with E-state index in [0.29, 0.717) is 18.6 Å². The molecule has 2 aliphatic heterocycles. The number of fused-ring (bicyclic) bond motifs is 1. The Morgan fingerprint density at radius 1 is 1.33 bits per heavy atom. The zero-order valence-corrected chi connectivity index (χ0v) is 14.4. The van der Waals surface area contributed by atoms with Gasteiger partial charge in [0.15, 0.2) is 0 Å². The maximum Gasteiger partial charge on any atom is 0.0474 e. The minimum atomic E-state index is 0.335. The summed E-state index contributed by atoms with van der Waals surface area (Å²) in [5.41, 5.74) is 7.48. The summed E-state index contributed by atoms with van der Waals surface area (Å²) >= 11 is 3.59. The highest BCUT2D eigenvalue weighted by molar-refractivity contribution is 9.10. The molecule has 3 rings (SSSR count). The number of piperidine rings is 1. The van der Waals surface area contributed by atoms with Crippen LogP contribution in [0.4, 0.5) is 0 Å². The highest BCUT2D eigenvalue weighted by atomic mass is 79.9. The number of piperazine rings is 1. The van der Waals surface area contributed by atoms with Crippen molar-refractivity contribution in [3.05, 3.63) is 34.3 Å². The lowest BCUT2D eigenvalue weighted by atomic mass is 9.94. The van der Waals surface area contributed by atoms with Gasteiger partial charge in [-0.1, -0.05) is 34.5 Å². The van der Waals surface area contributed by atoms with E-state index in [9.17, 15) is 0 Å². The van der Waals surface area contributed by atoms with E-state index in [1.54, 1.807) is 0 Å². The van der Waals surface area contributed by atoms with E-state index >= 15 is 0 Å². The highest BCUT2D eigenvalue weighted by Crippen LogP contribution is 2.31. The number of benzene rings is 1. The fraction of sp³-hybridized carbons (Fsp3) is 0.647. The summed E-state index contributed by atoms with van der Waals surface area (Å²) in [6, 6.07) is 10.3. The van der Waals surface area contributed by atoms with Crippen LogP contribution in [0.15, 0.2) is 28.7 Å². The topological polar surface area (TPSA) is 32.5 Å². The molecular weight excluding hydrogens is 326 g/mol. The maximum absolute atomic E-state index is 6.15. The van der Waals surface area contributed by atoms with E-state index in [1.165, 1.54) is 37.9 Å². The van der Waals surface area contributed by atoms with Gasteiger partial charge < -0.3 is 5.73 Å². The average molecular weight is 352 g/mol. The SMILES string of the molecule is CC1CN2CCCCC2CN1C(CN)c1cccc(Br)c1. The predicted octanol–water partition coefficient (Wildman–Crippen LogP) is 3.01. The predicted molar refractivity (Wildman–Crippen MR) is 91.3 cm³/mol. The molecule has 4 heteroatoms. The number of hydrogen-bond donors (Lipinski definition) is 1. The number of nitrogens with zero attached hydrogens (tertiary/aromatic N) is 2. The molecule has 21 heavy (non-hydrogen) atoms. The van der Waals surface area contributed by atoms with Crippen molar-refractivity contribution < 1.29 is 0 Å². The van der Waals surface area contributed by atoms with Gasteiger partial charge in [-0.15, -0.1) is 0 Å². The van der Waals surface area contributed by atoms with Crippen LogP contribution < -0.4 is 5.73 Å². The van der Waals surface area contributed by atoms with Gasteiger partial charge in [-0.3, -0.25) is 9.80 Å². The van der Waals surface area contributed by atoms with Gasteiger partial charge in [-0.25, -0.2) is 0 Å². The summed E-state index contributed by atoms with van der Waals surface area (Å²) in [5.74, 6) is 0. The fourth-order valence-corrected chi connectivity index (χ4v) is 4.40. The Morgan fingerprint density at radius 2 is 2.19 bits per heavy atom. The Bertz CT molecular complexity index is 479. The Labute approximate surface area is 136 Å². The average Bonchev–Trinajstić information content (AvgIpc) is 2.48. The largest absolute Gasteiger partial charge is 0.329 e. The maximum atomic E-state index is 6.15. The van der Waals surface area contributed by atoms with Crippen LogP contribution in [-0.4, -0.2) is 48.1 Å². The van der Waals surface area contributed by atoms with Crippen molar-refractivity contribution >= 4 is 15.9 Å². The number of rotatable bonds is 3. The molecule has 2 fully saturated rings. The van der Waals surface area contributed by atoms with Crippen LogP contribution in [0, 0.1) is 0 Å². The second kappa shape index (κ2) is 6.78. The fourth-order valence-electron chi connectivity index (χ4n) is 3.99. The van der Waals surface area contributed by atoms with Crippen LogP contribution in [0.1, 0.15) is 37.8 Å². The van der Waals surface area contributed by atoms with Crippen LogP contribution in [0.25, 0.3) is 0 Å². The van der Waals surface area contributed by atoms with Gasteiger partial charge in [0.25, 0.3) is 0 Å². The van der Waals surface area contributed by atoms with Crippen LogP contribution >= 0.6 is 15.9 Å². The van der Waals surface area contributed by atoms with Crippen LogP contribution in [-0.2, 0) is 0 Å². The third-order valence-corrected chi connectivity index (χ3v) is 5.59. The van der Waals surface area contributed by atoms with Crippen molar-refractivity contribution in [2.45, 2.75) is 44.3 Å².